The molecule has 2 aromatic rings. The number of benzene rings is 2. The molecule has 0 spiro atoms. The van der Waals surface area contributed by atoms with Crippen molar-refractivity contribution in [2.75, 3.05) is 7.05 Å². The summed E-state index contributed by atoms with van der Waals surface area (Å²) in [4.78, 5) is 10.9. The fourth-order valence-electron chi connectivity index (χ4n) is 2.03. The van der Waals surface area contributed by atoms with Gasteiger partial charge >= 0.3 is 5.97 Å². The summed E-state index contributed by atoms with van der Waals surface area (Å²) in [5.41, 5.74) is 8.53. The second kappa shape index (κ2) is 8.12. The molecule has 0 aliphatic heterocycles. The first kappa shape index (κ1) is 15.9. The molecule has 0 atom stereocenters. The fourth-order valence-corrected chi connectivity index (χ4v) is 2.03. The molecule has 0 saturated heterocycles. The van der Waals surface area contributed by atoms with Crippen molar-refractivity contribution in [2.45, 2.75) is 19.8 Å². The van der Waals surface area contributed by atoms with E-state index < -0.39 is 5.97 Å². The maximum atomic E-state index is 10.9. The summed E-state index contributed by atoms with van der Waals surface area (Å²) in [5, 5.41) is 8.94. The predicted molar refractivity (Wildman–Crippen MR) is 82.1 cm³/mol. The molecule has 3 N–H and O–H groups in total. The molecule has 3 heteroatoms. The van der Waals surface area contributed by atoms with E-state index in [0.717, 1.165) is 18.4 Å². The van der Waals surface area contributed by atoms with Crippen LogP contribution in [0.2, 0.25) is 0 Å². The van der Waals surface area contributed by atoms with Gasteiger partial charge in [0.1, 0.15) is 0 Å². The van der Waals surface area contributed by atoms with E-state index in [1.54, 1.807) is 18.2 Å². The van der Waals surface area contributed by atoms with E-state index in [0.29, 0.717) is 5.56 Å². The van der Waals surface area contributed by atoms with Crippen molar-refractivity contribution in [1.82, 2.24) is 0 Å². The molecule has 20 heavy (non-hydrogen) atoms. The van der Waals surface area contributed by atoms with Crippen LogP contribution < -0.4 is 5.73 Å². The Morgan fingerprint density at radius 2 is 1.75 bits per heavy atom. The molecule has 0 aliphatic rings. The van der Waals surface area contributed by atoms with Crippen LogP contribution in [0.25, 0.3) is 0 Å². The lowest BCUT2D eigenvalue weighted by Crippen LogP contribution is -1.99. The summed E-state index contributed by atoms with van der Waals surface area (Å²) >= 11 is 0. The molecule has 3 nitrogen and oxygen atoms in total. The summed E-state index contributed by atoms with van der Waals surface area (Å²) in [6.45, 7) is 2.10. The number of nitrogens with two attached hydrogens (primary N) is 1. The molecule has 106 valence electrons. The first-order valence-electron chi connectivity index (χ1n) is 6.61. The molecule has 2 aromatic carbocycles. The van der Waals surface area contributed by atoms with E-state index in [2.05, 4.69) is 24.8 Å². The minimum Gasteiger partial charge on any atom is -0.478 e. The van der Waals surface area contributed by atoms with Crippen molar-refractivity contribution in [3.63, 3.8) is 0 Å². The van der Waals surface area contributed by atoms with Crippen LogP contribution in [0.3, 0.4) is 0 Å². The first-order chi connectivity index (χ1) is 9.66. The van der Waals surface area contributed by atoms with Gasteiger partial charge in [-0.2, -0.15) is 0 Å². The summed E-state index contributed by atoms with van der Waals surface area (Å²) in [6.07, 6.45) is 1.81. The number of carboxylic acid groups (broad SMARTS) is 1. The highest BCUT2D eigenvalue weighted by atomic mass is 16.4. The van der Waals surface area contributed by atoms with Crippen molar-refractivity contribution in [2.24, 2.45) is 5.73 Å². The summed E-state index contributed by atoms with van der Waals surface area (Å²) in [7, 11) is 1.50. The van der Waals surface area contributed by atoms with Gasteiger partial charge in [0.2, 0.25) is 0 Å². The van der Waals surface area contributed by atoms with Gasteiger partial charge in [-0.05, 0) is 55.6 Å². The van der Waals surface area contributed by atoms with Gasteiger partial charge in [0.05, 0.1) is 5.56 Å². The van der Waals surface area contributed by atoms with Crippen molar-refractivity contribution < 1.29 is 9.90 Å². The van der Waals surface area contributed by atoms with Gasteiger partial charge in [0.25, 0.3) is 0 Å². The lowest BCUT2D eigenvalue weighted by atomic mass is 10.00. The topological polar surface area (TPSA) is 63.3 Å². The Labute approximate surface area is 120 Å². The molecule has 0 saturated carbocycles. The van der Waals surface area contributed by atoms with Gasteiger partial charge in [0, 0.05) is 0 Å². The quantitative estimate of drug-likeness (QED) is 0.898. The van der Waals surface area contributed by atoms with Crippen molar-refractivity contribution in [3.05, 3.63) is 70.8 Å². The van der Waals surface area contributed by atoms with Crippen LogP contribution in [0.15, 0.2) is 48.5 Å². The zero-order chi connectivity index (χ0) is 15.0. The second-order valence-corrected chi connectivity index (χ2v) is 4.43. The minimum atomic E-state index is -0.868. The fraction of sp³-hybridized carbons (Fsp3) is 0.235. The van der Waals surface area contributed by atoms with Gasteiger partial charge in [-0.25, -0.2) is 4.79 Å². The van der Waals surface area contributed by atoms with E-state index in [9.17, 15) is 4.79 Å². The van der Waals surface area contributed by atoms with Gasteiger partial charge in [-0.15, -0.1) is 0 Å². The predicted octanol–water partition coefficient (Wildman–Crippen LogP) is 3.05. The highest BCUT2D eigenvalue weighted by Gasteiger charge is 2.04. The average molecular weight is 271 g/mol. The highest BCUT2D eigenvalue weighted by Crippen LogP contribution is 2.12. The number of carbonyl (C=O) groups is 1. The molecule has 0 bridgehead atoms. The smallest absolute Gasteiger partial charge is 0.335 e. The first-order valence-corrected chi connectivity index (χ1v) is 6.61. The molecule has 0 fully saturated rings. The second-order valence-electron chi connectivity index (χ2n) is 4.43. The third kappa shape index (κ3) is 4.52. The van der Waals surface area contributed by atoms with Gasteiger partial charge in [-0.1, -0.05) is 36.4 Å². The molecule has 0 aromatic heterocycles. The van der Waals surface area contributed by atoms with Crippen LogP contribution in [0.4, 0.5) is 0 Å². The van der Waals surface area contributed by atoms with Crippen molar-refractivity contribution >= 4 is 5.97 Å². The average Bonchev–Trinajstić information content (AvgIpc) is 2.49. The number of hydrogen-bond acceptors (Lipinski definition) is 2. The van der Waals surface area contributed by atoms with Crippen LogP contribution in [-0.4, -0.2) is 18.1 Å². The third-order valence-electron chi connectivity index (χ3n) is 3.12. The molecular formula is C17H21NO2. The number of carboxylic acids is 1. The molecule has 0 unspecified atom stereocenters. The van der Waals surface area contributed by atoms with Crippen LogP contribution in [0.5, 0.6) is 0 Å². The van der Waals surface area contributed by atoms with Gasteiger partial charge < -0.3 is 10.8 Å². The number of hydrogen-bond donors (Lipinski definition) is 2. The minimum absolute atomic E-state index is 0.359. The van der Waals surface area contributed by atoms with Crippen LogP contribution in [0, 0.1) is 6.92 Å². The largest absolute Gasteiger partial charge is 0.478 e. The maximum absolute atomic E-state index is 10.9. The monoisotopic (exact) mass is 271 g/mol. The molecular weight excluding hydrogens is 250 g/mol. The molecule has 0 amide bonds. The van der Waals surface area contributed by atoms with E-state index in [1.165, 1.54) is 18.2 Å². The molecule has 0 aliphatic carbocycles. The number of aromatic carboxylic acids is 1. The van der Waals surface area contributed by atoms with Crippen LogP contribution >= 0.6 is 0 Å². The van der Waals surface area contributed by atoms with E-state index in [4.69, 9.17) is 5.11 Å². The molecule has 0 radical (unpaired) electrons. The third-order valence-corrected chi connectivity index (χ3v) is 3.12. The Bertz CT molecular complexity index is 564. The lowest BCUT2D eigenvalue weighted by Gasteiger charge is -2.06. The number of aryl methyl sites for hydroxylation is 3. The van der Waals surface area contributed by atoms with E-state index in [1.807, 2.05) is 18.2 Å². The highest BCUT2D eigenvalue weighted by molar-refractivity contribution is 5.87. The lowest BCUT2D eigenvalue weighted by molar-refractivity contribution is 0.0697. The zero-order valence-electron chi connectivity index (χ0n) is 12.0. The summed E-state index contributed by atoms with van der Waals surface area (Å²) < 4.78 is 0. The normalized spacial score (nSPS) is 9.55. The number of rotatable bonds is 4. The standard InChI is InChI=1S/C16H16O2.CH5N/c1-12-5-2-3-7-14(12)10-9-13-6-4-8-15(11-13)16(17)18;1-2/h2-8,11H,9-10H2,1H3,(H,17,18);2H2,1H3. The molecule has 2 rings (SSSR count). The van der Waals surface area contributed by atoms with Crippen molar-refractivity contribution in [1.29, 1.82) is 0 Å². The SMILES string of the molecule is CN.Cc1ccccc1CCc1cccc(C(=O)O)c1. The zero-order valence-corrected chi connectivity index (χ0v) is 12.0. The van der Waals surface area contributed by atoms with Crippen LogP contribution in [0.1, 0.15) is 27.0 Å². The Hall–Kier alpha value is -2.13. The van der Waals surface area contributed by atoms with Gasteiger partial charge in [-0.3, -0.25) is 0 Å². The summed E-state index contributed by atoms with van der Waals surface area (Å²) in [6, 6.07) is 15.4. The van der Waals surface area contributed by atoms with Crippen molar-refractivity contribution in [3.8, 4) is 0 Å². The Balaban J connectivity index is 0.000000956. The van der Waals surface area contributed by atoms with E-state index >= 15 is 0 Å². The Kier molecular flexibility index (Phi) is 6.47. The molecule has 0 heterocycles. The Morgan fingerprint density at radius 1 is 1.05 bits per heavy atom. The maximum Gasteiger partial charge on any atom is 0.335 e. The van der Waals surface area contributed by atoms with Crippen LogP contribution in [-0.2, 0) is 12.8 Å². The van der Waals surface area contributed by atoms with Gasteiger partial charge in [0.15, 0.2) is 0 Å². The summed E-state index contributed by atoms with van der Waals surface area (Å²) in [5.74, 6) is -0.868. The van der Waals surface area contributed by atoms with E-state index in [-0.39, 0.29) is 0 Å². The Morgan fingerprint density at radius 3 is 2.40 bits per heavy atom.